The number of rotatable bonds is 3. The molecule has 0 aromatic carbocycles. The molecule has 1 heterocycles. The van der Waals surface area contributed by atoms with Crippen molar-refractivity contribution in [3.63, 3.8) is 0 Å². The highest BCUT2D eigenvalue weighted by atomic mass is 16.1. The number of aromatic amines is 1. The van der Waals surface area contributed by atoms with E-state index in [2.05, 4.69) is 11.9 Å². The molecule has 1 aromatic rings. The van der Waals surface area contributed by atoms with Crippen LogP contribution in [0.25, 0.3) is 0 Å². The Kier molecular flexibility index (Phi) is 2.47. The zero-order valence-electron chi connectivity index (χ0n) is 6.98. The smallest absolute Gasteiger partial charge is 0.164 e. The van der Waals surface area contributed by atoms with Gasteiger partial charge in [0.2, 0.25) is 0 Å². The number of H-pyrrole nitrogens is 1. The molecule has 2 nitrogen and oxygen atoms in total. The molecule has 1 N–H and O–H groups in total. The molecule has 0 unspecified atom stereocenters. The first kappa shape index (κ1) is 8.05. The van der Waals surface area contributed by atoms with Crippen molar-refractivity contribution < 1.29 is 4.79 Å². The Balaban J connectivity index is 2.92. The number of carbonyl (C=O) groups excluding carboxylic acids is 1. The number of ketones is 1. The summed E-state index contributed by atoms with van der Waals surface area (Å²) in [7, 11) is 0. The summed E-state index contributed by atoms with van der Waals surface area (Å²) in [6, 6.07) is 0. The molecule has 0 spiro atoms. The molecule has 0 atom stereocenters. The Hall–Kier alpha value is -1.05. The highest BCUT2D eigenvalue weighted by Gasteiger charge is 2.07. The minimum atomic E-state index is 0.225. The van der Waals surface area contributed by atoms with E-state index >= 15 is 0 Å². The first-order chi connectivity index (χ1) is 5.29. The second kappa shape index (κ2) is 3.37. The van der Waals surface area contributed by atoms with Crippen LogP contribution in [-0.4, -0.2) is 10.8 Å². The number of carbonyl (C=O) groups is 1. The summed E-state index contributed by atoms with van der Waals surface area (Å²) < 4.78 is 0. The molecule has 0 bridgehead atoms. The van der Waals surface area contributed by atoms with Gasteiger partial charge in [0.05, 0.1) is 0 Å². The average Bonchev–Trinajstić information content (AvgIpc) is 2.50. The van der Waals surface area contributed by atoms with Crippen LogP contribution in [0.4, 0.5) is 0 Å². The summed E-state index contributed by atoms with van der Waals surface area (Å²) in [5, 5.41) is 0. The minimum absolute atomic E-state index is 0.225. The molecular weight excluding hydrogens is 138 g/mol. The molecule has 0 fully saturated rings. The van der Waals surface area contributed by atoms with Gasteiger partial charge in [0.15, 0.2) is 5.78 Å². The molecule has 1 rings (SSSR count). The molecule has 0 saturated heterocycles. The number of hydrogen-bond acceptors (Lipinski definition) is 1. The zero-order chi connectivity index (χ0) is 8.27. The number of nitrogens with one attached hydrogen (secondary N) is 1. The second-order valence-corrected chi connectivity index (χ2v) is 2.52. The van der Waals surface area contributed by atoms with Gasteiger partial charge in [-0.15, -0.1) is 0 Å². The topological polar surface area (TPSA) is 32.9 Å². The molecule has 1 aromatic heterocycles. The SMILES string of the molecule is CCC(=O)c1c[nH]cc1CC. The molecule has 0 aliphatic heterocycles. The van der Waals surface area contributed by atoms with Crippen molar-refractivity contribution in [3.8, 4) is 0 Å². The fourth-order valence-electron chi connectivity index (χ4n) is 1.14. The fourth-order valence-corrected chi connectivity index (χ4v) is 1.14. The van der Waals surface area contributed by atoms with E-state index in [4.69, 9.17) is 0 Å². The van der Waals surface area contributed by atoms with Gasteiger partial charge in [-0.2, -0.15) is 0 Å². The number of Topliss-reactive ketones (excluding diaryl/α,β-unsaturated/α-hetero) is 1. The molecule has 0 aliphatic rings. The van der Waals surface area contributed by atoms with E-state index in [1.54, 1.807) is 6.20 Å². The summed E-state index contributed by atoms with van der Waals surface area (Å²) in [5.74, 6) is 0.225. The van der Waals surface area contributed by atoms with Crippen molar-refractivity contribution in [1.29, 1.82) is 0 Å². The van der Waals surface area contributed by atoms with Gasteiger partial charge in [-0.1, -0.05) is 13.8 Å². The van der Waals surface area contributed by atoms with Gasteiger partial charge in [-0.05, 0) is 12.0 Å². The highest BCUT2D eigenvalue weighted by molar-refractivity contribution is 5.97. The van der Waals surface area contributed by atoms with Crippen LogP contribution in [0, 0.1) is 0 Å². The molecule has 11 heavy (non-hydrogen) atoms. The second-order valence-electron chi connectivity index (χ2n) is 2.52. The van der Waals surface area contributed by atoms with E-state index < -0.39 is 0 Å². The van der Waals surface area contributed by atoms with Crippen LogP contribution in [0.3, 0.4) is 0 Å². The predicted octanol–water partition coefficient (Wildman–Crippen LogP) is 2.17. The lowest BCUT2D eigenvalue weighted by atomic mass is 10.1. The van der Waals surface area contributed by atoms with Gasteiger partial charge in [-0.25, -0.2) is 0 Å². The maximum absolute atomic E-state index is 11.2. The van der Waals surface area contributed by atoms with Crippen LogP contribution in [0.2, 0.25) is 0 Å². The third-order valence-electron chi connectivity index (χ3n) is 1.83. The monoisotopic (exact) mass is 151 g/mol. The molecule has 60 valence electrons. The van der Waals surface area contributed by atoms with Crippen LogP contribution in [-0.2, 0) is 6.42 Å². The third kappa shape index (κ3) is 1.50. The third-order valence-corrected chi connectivity index (χ3v) is 1.83. The van der Waals surface area contributed by atoms with E-state index in [1.807, 2.05) is 13.1 Å². The normalized spacial score (nSPS) is 10.0. The van der Waals surface area contributed by atoms with E-state index in [-0.39, 0.29) is 5.78 Å². The molecule has 0 aliphatic carbocycles. The molecular formula is C9H13NO. The Morgan fingerprint density at radius 1 is 1.45 bits per heavy atom. The molecule has 0 amide bonds. The van der Waals surface area contributed by atoms with Gasteiger partial charge in [-0.3, -0.25) is 4.79 Å². The lowest BCUT2D eigenvalue weighted by Crippen LogP contribution is -1.97. The van der Waals surface area contributed by atoms with Crippen LogP contribution < -0.4 is 0 Å². The number of aromatic nitrogens is 1. The van der Waals surface area contributed by atoms with Crippen molar-refractivity contribution in [3.05, 3.63) is 23.5 Å². The first-order valence-corrected chi connectivity index (χ1v) is 3.98. The van der Waals surface area contributed by atoms with Gasteiger partial charge in [0.1, 0.15) is 0 Å². The Labute approximate surface area is 66.6 Å². The summed E-state index contributed by atoms with van der Waals surface area (Å²) in [6.07, 6.45) is 5.18. The van der Waals surface area contributed by atoms with Gasteiger partial charge >= 0.3 is 0 Å². The van der Waals surface area contributed by atoms with Crippen molar-refractivity contribution in [2.45, 2.75) is 26.7 Å². The Morgan fingerprint density at radius 2 is 2.18 bits per heavy atom. The van der Waals surface area contributed by atoms with Crippen LogP contribution in [0.5, 0.6) is 0 Å². The summed E-state index contributed by atoms with van der Waals surface area (Å²) in [6.45, 7) is 3.93. The van der Waals surface area contributed by atoms with E-state index in [0.29, 0.717) is 6.42 Å². The average molecular weight is 151 g/mol. The van der Waals surface area contributed by atoms with Crippen molar-refractivity contribution in [1.82, 2.24) is 4.98 Å². The summed E-state index contributed by atoms with van der Waals surface area (Å²) in [5.41, 5.74) is 1.98. The van der Waals surface area contributed by atoms with Crippen molar-refractivity contribution >= 4 is 5.78 Å². The van der Waals surface area contributed by atoms with Crippen LogP contribution in [0.1, 0.15) is 36.2 Å². The number of hydrogen-bond donors (Lipinski definition) is 1. The minimum Gasteiger partial charge on any atom is -0.367 e. The largest absolute Gasteiger partial charge is 0.367 e. The van der Waals surface area contributed by atoms with E-state index in [1.165, 1.54) is 0 Å². The maximum atomic E-state index is 11.2. The quantitative estimate of drug-likeness (QED) is 0.660. The Bertz CT molecular complexity index is 250. The number of aryl methyl sites for hydroxylation is 1. The summed E-state index contributed by atoms with van der Waals surface area (Å²) in [4.78, 5) is 14.2. The molecule has 2 heteroatoms. The van der Waals surface area contributed by atoms with Gasteiger partial charge in [0.25, 0.3) is 0 Å². The van der Waals surface area contributed by atoms with Crippen LogP contribution >= 0.6 is 0 Å². The molecule has 0 radical (unpaired) electrons. The molecule has 0 saturated carbocycles. The fraction of sp³-hybridized carbons (Fsp3) is 0.444. The van der Waals surface area contributed by atoms with E-state index in [9.17, 15) is 4.79 Å². The van der Waals surface area contributed by atoms with Gasteiger partial charge in [0, 0.05) is 24.4 Å². The first-order valence-electron chi connectivity index (χ1n) is 3.98. The van der Waals surface area contributed by atoms with Crippen molar-refractivity contribution in [2.24, 2.45) is 0 Å². The van der Waals surface area contributed by atoms with Gasteiger partial charge < -0.3 is 4.98 Å². The highest BCUT2D eigenvalue weighted by Crippen LogP contribution is 2.10. The maximum Gasteiger partial charge on any atom is 0.164 e. The predicted molar refractivity (Wildman–Crippen MR) is 44.8 cm³/mol. The standard InChI is InChI=1S/C9H13NO/c1-3-7-5-10-6-8(7)9(11)4-2/h5-6,10H,3-4H2,1-2H3. The van der Waals surface area contributed by atoms with Crippen LogP contribution in [0.15, 0.2) is 12.4 Å². The zero-order valence-corrected chi connectivity index (χ0v) is 6.98. The lowest BCUT2D eigenvalue weighted by Gasteiger charge is -1.95. The lowest BCUT2D eigenvalue weighted by molar-refractivity contribution is 0.0987. The van der Waals surface area contributed by atoms with E-state index in [0.717, 1.165) is 17.5 Å². The summed E-state index contributed by atoms with van der Waals surface area (Å²) >= 11 is 0. The van der Waals surface area contributed by atoms with Crippen molar-refractivity contribution in [2.75, 3.05) is 0 Å². The Morgan fingerprint density at radius 3 is 2.73 bits per heavy atom.